The molecule has 1 aromatic carbocycles. The van der Waals surface area contributed by atoms with Gasteiger partial charge in [-0.3, -0.25) is 4.79 Å². The van der Waals surface area contributed by atoms with Crippen LogP contribution in [0.4, 0.5) is 0 Å². The van der Waals surface area contributed by atoms with Crippen molar-refractivity contribution in [1.82, 2.24) is 0 Å². The molecule has 0 spiro atoms. The van der Waals surface area contributed by atoms with Gasteiger partial charge in [0.25, 0.3) is 0 Å². The van der Waals surface area contributed by atoms with E-state index >= 15 is 0 Å². The number of aryl methyl sites for hydroxylation is 2. The van der Waals surface area contributed by atoms with E-state index in [1.54, 1.807) is 6.07 Å². The Kier molecular flexibility index (Phi) is 4.50. The number of rotatable bonds is 4. The second-order valence-electron chi connectivity index (χ2n) is 4.22. The Morgan fingerprint density at radius 3 is 2.63 bits per heavy atom. The minimum atomic E-state index is -0.172. The van der Waals surface area contributed by atoms with Gasteiger partial charge >= 0.3 is 0 Å². The maximum absolute atomic E-state index is 12.0. The minimum Gasteiger partial charge on any atom is -0.485 e. The summed E-state index contributed by atoms with van der Waals surface area (Å²) in [7, 11) is 0. The van der Waals surface area contributed by atoms with Crippen molar-refractivity contribution in [2.45, 2.75) is 13.8 Å². The summed E-state index contributed by atoms with van der Waals surface area (Å²) in [6.45, 7) is 3.87. The van der Waals surface area contributed by atoms with Crippen LogP contribution in [-0.2, 0) is 0 Å². The smallest absolute Gasteiger partial charge is 0.202 e. The van der Waals surface area contributed by atoms with Gasteiger partial charge in [-0.2, -0.15) is 0 Å². The number of halogens is 2. The second-order valence-corrected chi connectivity index (χ2v) is 6.50. The van der Waals surface area contributed by atoms with E-state index in [1.807, 2.05) is 32.0 Å². The molecule has 0 unspecified atom stereocenters. The zero-order chi connectivity index (χ0) is 14.0. The van der Waals surface area contributed by atoms with Gasteiger partial charge in [0.15, 0.2) is 6.61 Å². The van der Waals surface area contributed by atoms with Crippen molar-refractivity contribution in [2.24, 2.45) is 0 Å². The van der Waals surface area contributed by atoms with Gasteiger partial charge in [0.2, 0.25) is 5.78 Å². The zero-order valence-corrected chi connectivity index (χ0v) is 12.8. The monoisotopic (exact) mass is 314 g/mol. The average Bonchev–Trinajstić information content (AvgIpc) is 2.69. The summed E-state index contributed by atoms with van der Waals surface area (Å²) in [5.41, 5.74) is 2.50. The Bertz CT molecular complexity index is 620. The van der Waals surface area contributed by atoms with Crippen LogP contribution in [0.25, 0.3) is 0 Å². The van der Waals surface area contributed by atoms with Crippen LogP contribution < -0.4 is 4.74 Å². The quantitative estimate of drug-likeness (QED) is 0.748. The first-order chi connectivity index (χ1) is 8.97. The molecule has 0 fully saturated rings. The summed E-state index contributed by atoms with van der Waals surface area (Å²) in [4.78, 5) is 12.0. The lowest BCUT2D eigenvalue weighted by Crippen LogP contribution is -2.11. The SMILES string of the molecule is Cc1ccc(C)c(OCC(=O)c2cc(Cl)sc2Cl)c1. The number of ether oxygens (including phenoxy) is 1. The fourth-order valence-electron chi connectivity index (χ4n) is 1.61. The number of ketones is 1. The van der Waals surface area contributed by atoms with Crippen LogP contribution in [0, 0.1) is 13.8 Å². The molecule has 0 aliphatic rings. The second kappa shape index (κ2) is 5.95. The van der Waals surface area contributed by atoms with Gasteiger partial charge in [0, 0.05) is 0 Å². The molecular formula is C14H12Cl2O2S. The maximum Gasteiger partial charge on any atom is 0.202 e. The fourth-order valence-corrected chi connectivity index (χ4v) is 3.11. The molecule has 2 rings (SSSR count). The highest BCUT2D eigenvalue weighted by Gasteiger charge is 2.15. The molecule has 2 nitrogen and oxygen atoms in total. The number of thiophene rings is 1. The van der Waals surface area contributed by atoms with Crippen molar-refractivity contribution < 1.29 is 9.53 Å². The standard InChI is InChI=1S/C14H12Cl2O2S/c1-8-3-4-9(2)12(5-8)18-7-11(17)10-6-13(15)19-14(10)16/h3-6H,7H2,1-2H3. The molecule has 0 aliphatic carbocycles. The third-order valence-electron chi connectivity index (χ3n) is 2.66. The van der Waals surface area contributed by atoms with Gasteiger partial charge in [-0.25, -0.2) is 0 Å². The molecule has 0 bridgehead atoms. The summed E-state index contributed by atoms with van der Waals surface area (Å²) in [6, 6.07) is 7.44. The number of hydrogen-bond acceptors (Lipinski definition) is 3. The lowest BCUT2D eigenvalue weighted by atomic mass is 10.1. The van der Waals surface area contributed by atoms with Crippen molar-refractivity contribution in [1.29, 1.82) is 0 Å². The highest BCUT2D eigenvalue weighted by atomic mass is 35.5. The minimum absolute atomic E-state index is 0.0446. The molecule has 5 heteroatoms. The third kappa shape index (κ3) is 3.50. The van der Waals surface area contributed by atoms with Crippen LogP contribution >= 0.6 is 34.5 Å². The van der Waals surface area contributed by atoms with E-state index in [0.29, 0.717) is 20.0 Å². The van der Waals surface area contributed by atoms with Crippen molar-refractivity contribution in [3.63, 3.8) is 0 Å². The summed E-state index contributed by atoms with van der Waals surface area (Å²) in [5, 5.41) is 0. The molecule has 0 N–H and O–H groups in total. The molecule has 1 aromatic heterocycles. The molecule has 100 valence electrons. The first kappa shape index (κ1) is 14.4. The predicted octanol–water partition coefficient (Wildman–Crippen LogP) is 4.93. The normalized spacial score (nSPS) is 10.5. The van der Waals surface area contributed by atoms with E-state index in [0.717, 1.165) is 11.1 Å². The highest BCUT2D eigenvalue weighted by molar-refractivity contribution is 7.20. The van der Waals surface area contributed by atoms with Gasteiger partial charge < -0.3 is 4.74 Å². The summed E-state index contributed by atoms with van der Waals surface area (Å²) >= 11 is 12.9. The number of Topliss-reactive ketones (excluding diaryl/α,β-unsaturated/α-hetero) is 1. The molecule has 1 heterocycles. The first-order valence-electron chi connectivity index (χ1n) is 5.65. The average molecular weight is 315 g/mol. The molecule has 2 aromatic rings. The lowest BCUT2D eigenvalue weighted by molar-refractivity contribution is 0.0921. The topological polar surface area (TPSA) is 26.3 Å². The van der Waals surface area contributed by atoms with Gasteiger partial charge in [0.05, 0.1) is 9.90 Å². The zero-order valence-electron chi connectivity index (χ0n) is 10.5. The molecule has 0 saturated carbocycles. The Labute approximate surface area is 125 Å². The maximum atomic E-state index is 12.0. The predicted molar refractivity (Wildman–Crippen MR) is 80.1 cm³/mol. The molecular weight excluding hydrogens is 303 g/mol. The third-order valence-corrected chi connectivity index (χ3v) is 4.15. The van der Waals surface area contributed by atoms with E-state index in [1.165, 1.54) is 11.3 Å². The molecule has 0 radical (unpaired) electrons. The Hall–Kier alpha value is -1.03. The van der Waals surface area contributed by atoms with Crippen LogP contribution in [0.15, 0.2) is 24.3 Å². The van der Waals surface area contributed by atoms with Crippen molar-refractivity contribution in [2.75, 3.05) is 6.61 Å². The Morgan fingerprint density at radius 2 is 2.00 bits per heavy atom. The largest absolute Gasteiger partial charge is 0.485 e. The molecule has 0 atom stereocenters. The van der Waals surface area contributed by atoms with Crippen molar-refractivity contribution >= 4 is 40.3 Å². The summed E-state index contributed by atoms with van der Waals surface area (Å²) < 4.78 is 6.45. The van der Waals surface area contributed by atoms with Crippen LogP contribution in [0.3, 0.4) is 0 Å². The van der Waals surface area contributed by atoms with Crippen LogP contribution in [0.1, 0.15) is 21.5 Å². The molecule has 0 aliphatic heterocycles. The van der Waals surface area contributed by atoms with Gasteiger partial charge in [0.1, 0.15) is 10.1 Å². The van der Waals surface area contributed by atoms with Crippen molar-refractivity contribution in [3.05, 3.63) is 49.6 Å². The van der Waals surface area contributed by atoms with E-state index in [-0.39, 0.29) is 12.4 Å². The van der Waals surface area contributed by atoms with Crippen molar-refractivity contribution in [3.8, 4) is 5.75 Å². The molecule has 19 heavy (non-hydrogen) atoms. The van der Waals surface area contributed by atoms with E-state index in [2.05, 4.69) is 0 Å². The number of hydrogen-bond donors (Lipinski definition) is 0. The van der Waals surface area contributed by atoms with Crippen LogP contribution in [0.2, 0.25) is 8.67 Å². The van der Waals surface area contributed by atoms with Gasteiger partial charge in [-0.15, -0.1) is 11.3 Å². The fraction of sp³-hybridized carbons (Fsp3) is 0.214. The number of carbonyl (C=O) groups is 1. The first-order valence-corrected chi connectivity index (χ1v) is 7.22. The number of carbonyl (C=O) groups excluding carboxylic acids is 1. The van der Waals surface area contributed by atoms with Crippen LogP contribution in [0.5, 0.6) is 5.75 Å². The van der Waals surface area contributed by atoms with Crippen LogP contribution in [-0.4, -0.2) is 12.4 Å². The Balaban J connectivity index is 2.08. The lowest BCUT2D eigenvalue weighted by Gasteiger charge is -2.09. The summed E-state index contributed by atoms with van der Waals surface area (Å²) in [5.74, 6) is 0.542. The van der Waals surface area contributed by atoms with Gasteiger partial charge in [-0.1, -0.05) is 35.3 Å². The van der Waals surface area contributed by atoms with E-state index < -0.39 is 0 Å². The molecule has 0 saturated heterocycles. The Morgan fingerprint density at radius 1 is 1.26 bits per heavy atom. The van der Waals surface area contributed by atoms with E-state index in [9.17, 15) is 4.79 Å². The van der Waals surface area contributed by atoms with Gasteiger partial charge in [-0.05, 0) is 37.1 Å². The van der Waals surface area contributed by atoms with E-state index in [4.69, 9.17) is 27.9 Å². The number of benzene rings is 1. The highest BCUT2D eigenvalue weighted by Crippen LogP contribution is 2.31. The molecule has 0 amide bonds. The summed E-state index contributed by atoms with van der Waals surface area (Å²) in [6.07, 6.45) is 0.